The number of hydrogen-bond donors (Lipinski definition) is 0. The summed E-state index contributed by atoms with van der Waals surface area (Å²) >= 11 is 0. The van der Waals surface area contributed by atoms with Crippen molar-refractivity contribution in [2.75, 3.05) is 0 Å². The third-order valence-electron chi connectivity index (χ3n) is 13.8. The molecule has 0 bridgehead atoms. The Morgan fingerprint density at radius 3 is 1.90 bits per heavy atom. The van der Waals surface area contributed by atoms with Crippen LogP contribution >= 0.6 is 0 Å². The molecular weight excluding hydrogens is 1030 g/mol. The van der Waals surface area contributed by atoms with E-state index in [2.05, 4.69) is 249 Å². The van der Waals surface area contributed by atoms with Gasteiger partial charge in [0, 0.05) is 43.6 Å². The molecule has 0 saturated heterocycles. The van der Waals surface area contributed by atoms with Gasteiger partial charge in [0.2, 0.25) is 5.78 Å². The third-order valence-corrected chi connectivity index (χ3v) is 13.8. The van der Waals surface area contributed by atoms with Crippen LogP contribution in [0.4, 0.5) is 0 Å². The first-order valence-corrected chi connectivity index (χ1v) is 23.1. The van der Waals surface area contributed by atoms with E-state index in [0.29, 0.717) is 0 Å². The molecule has 0 spiro atoms. The number of pyridine rings is 1. The molecule has 8 nitrogen and oxygen atoms in total. The van der Waals surface area contributed by atoms with Gasteiger partial charge >= 0.3 is 0 Å². The van der Waals surface area contributed by atoms with Crippen LogP contribution in [0.15, 0.2) is 182 Å². The molecule has 0 saturated carbocycles. The van der Waals surface area contributed by atoms with Gasteiger partial charge in [-0.1, -0.05) is 135 Å². The largest absolute Gasteiger partial charge is 0.359 e. The zero-order valence-electron chi connectivity index (χ0n) is 38.2. The van der Waals surface area contributed by atoms with E-state index in [1.807, 2.05) is 6.20 Å². The van der Waals surface area contributed by atoms with E-state index in [1.54, 1.807) is 0 Å². The summed E-state index contributed by atoms with van der Waals surface area (Å²) in [4.78, 5) is 10.3. The predicted molar refractivity (Wildman–Crippen MR) is 274 cm³/mol. The summed E-state index contributed by atoms with van der Waals surface area (Å²) in [5.41, 5.74) is 16.4. The van der Waals surface area contributed by atoms with Crippen molar-refractivity contribution >= 4 is 82.5 Å². The molecule has 14 rings (SSSR count). The number of para-hydroxylation sites is 8. The van der Waals surface area contributed by atoms with Gasteiger partial charge in [0.05, 0.1) is 44.5 Å². The van der Waals surface area contributed by atoms with E-state index in [-0.39, 0.29) is 26.5 Å². The Balaban J connectivity index is 0.00000469. The van der Waals surface area contributed by atoms with Crippen molar-refractivity contribution in [2.45, 2.75) is 33.1 Å². The molecule has 0 aliphatic rings. The minimum absolute atomic E-state index is 0. The van der Waals surface area contributed by atoms with Crippen molar-refractivity contribution in [1.82, 2.24) is 32.6 Å². The average Bonchev–Trinajstić information content (AvgIpc) is 4.17. The van der Waals surface area contributed by atoms with Crippen LogP contribution in [-0.2, 0) is 26.5 Å². The van der Waals surface area contributed by atoms with Crippen molar-refractivity contribution < 1.29 is 25.6 Å². The Kier molecular flexibility index (Phi) is 9.08. The molecule has 9 heteroatoms. The summed E-state index contributed by atoms with van der Waals surface area (Å²) in [6.07, 6.45) is 5.73. The number of aromatic nitrogens is 8. The molecule has 6 heterocycles. The Morgan fingerprint density at radius 1 is 0.522 bits per heavy atom. The number of fused-ring (bicyclic) bond motifs is 12. The molecule has 6 aromatic heterocycles. The molecule has 0 radical (unpaired) electrons. The van der Waals surface area contributed by atoms with Gasteiger partial charge in [-0.05, 0) is 94.1 Å². The summed E-state index contributed by atoms with van der Waals surface area (Å²) in [5.74, 6) is 1.61. The maximum Gasteiger partial charge on any atom is 0.268 e. The van der Waals surface area contributed by atoms with Gasteiger partial charge in [-0.15, -0.1) is 23.6 Å². The second-order valence-electron chi connectivity index (χ2n) is 18.8. The van der Waals surface area contributed by atoms with Crippen molar-refractivity contribution in [1.29, 1.82) is 0 Å². The zero-order valence-corrected chi connectivity index (χ0v) is 40.5. The second kappa shape index (κ2) is 15.2. The minimum Gasteiger partial charge on any atom is -0.359 e. The van der Waals surface area contributed by atoms with E-state index < -0.39 is 0 Å². The van der Waals surface area contributed by atoms with Crippen molar-refractivity contribution in [3.63, 3.8) is 0 Å². The van der Waals surface area contributed by atoms with Gasteiger partial charge in [0.15, 0.2) is 0 Å². The molecule has 0 aliphatic heterocycles. The van der Waals surface area contributed by atoms with E-state index in [4.69, 9.17) is 9.97 Å². The van der Waals surface area contributed by atoms with E-state index >= 15 is 0 Å². The normalized spacial score (nSPS) is 12.2. The minimum atomic E-state index is -0.0740. The van der Waals surface area contributed by atoms with Crippen LogP contribution in [0.1, 0.15) is 31.9 Å². The van der Waals surface area contributed by atoms with Crippen LogP contribution in [0.3, 0.4) is 0 Å². The van der Waals surface area contributed by atoms with Crippen LogP contribution in [0.25, 0.3) is 111 Å². The molecule has 69 heavy (non-hydrogen) atoms. The van der Waals surface area contributed by atoms with Crippen LogP contribution < -0.4 is 4.57 Å². The summed E-state index contributed by atoms with van der Waals surface area (Å²) in [7, 11) is 0. The Hall–Kier alpha value is -8.06. The molecule has 334 valence electrons. The van der Waals surface area contributed by atoms with Crippen molar-refractivity contribution in [3.8, 4) is 28.6 Å². The van der Waals surface area contributed by atoms with Gasteiger partial charge < -0.3 is 18.1 Å². The molecule has 0 unspecified atom stereocenters. The summed E-state index contributed by atoms with van der Waals surface area (Å²) < 4.78 is 13.5. The topological polar surface area (TPSA) is 53.8 Å². The zero-order chi connectivity index (χ0) is 45.4. The molecule has 0 aliphatic carbocycles. The van der Waals surface area contributed by atoms with Crippen LogP contribution in [0.5, 0.6) is 0 Å². The first-order valence-electron chi connectivity index (χ1n) is 23.1. The van der Waals surface area contributed by atoms with E-state index in [0.717, 1.165) is 106 Å². The van der Waals surface area contributed by atoms with E-state index in [1.165, 1.54) is 16.3 Å². The average molecular weight is 1070 g/mol. The quantitative estimate of drug-likeness (QED) is 0.127. The maximum atomic E-state index is 5.32. The molecule has 0 atom stereocenters. The molecule has 8 aromatic carbocycles. The standard InChI is InChI=1S/C60H42N8.Pt/c1-38-17-15-30-53-58(38)62-59-67(53)55-35-45-44-22-7-8-23-46(44)65(54(45)36-56(55)68(59)57-33-39(31-32-61-57)60(2,3)4)41-19-16-18-40(34-41)63-37-64(50-27-12-11-26-49(50)63)51-28-13-14-29-52(51)66-47-24-9-5-20-42(47)43-21-6-10-25-48(43)66;/h5-33,35H,1-4H3;/q-2;. The Morgan fingerprint density at radius 2 is 1.14 bits per heavy atom. The number of imidazole rings is 3. The molecule has 0 N–H and O–H groups in total. The first-order chi connectivity index (χ1) is 33.3. The summed E-state index contributed by atoms with van der Waals surface area (Å²) in [6.45, 7) is 8.84. The molecule has 14 aromatic rings. The van der Waals surface area contributed by atoms with Gasteiger partial charge in [0.1, 0.15) is 5.82 Å². The first kappa shape index (κ1) is 41.2. The summed E-state index contributed by atoms with van der Waals surface area (Å²) in [5, 5.41) is 4.67. The number of hydrogen-bond acceptors (Lipinski definition) is 2. The summed E-state index contributed by atoms with van der Waals surface area (Å²) in [6, 6.07) is 70.4. The fourth-order valence-corrected chi connectivity index (χ4v) is 10.6. The monoisotopic (exact) mass is 1070 g/mol. The number of nitrogens with zero attached hydrogens (tertiary/aromatic N) is 8. The Labute approximate surface area is 411 Å². The van der Waals surface area contributed by atoms with Crippen molar-refractivity contribution in [2.24, 2.45) is 0 Å². The Bertz CT molecular complexity index is 4340. The SMILES string of the molecule is Cc1cccc2c1nc1n(-c3cc(C(C)(C)C)ccn3)c3[c-]c4c(cc3n21)c1ccccc1n4-c1[c-]c(-n2[c-][n+](-c3ccccc3-n3c4ccccc4c4ccccc43)c3ccccc32)ccc1.[Pt]. The molecular formula is C60H42N8Pt-2. The van der Waals surface area contributed by atoms with Crippen molar-refractivity contribution in [3.05, 3.63) is 212 Å². The van der Waals surface area contributed by atoms with Crippen LogP contribution in [0.2, 0.25) is 0 Å². The smallest absolute Gasteiger partial charge is 0.268 e. The third kappa shape index (κ3) is 6.01. The predicted octanol–water partition coefficient (Wildman–Crippen LogP) is 13.2. The number of rotatable bonds is 5. The number of benzene rings is 8. The van der Waals surface area contributed by atoms with Gasteiger partial charge in [-0.3, -0.25) is 9.13 Å². The van der Waals surface area contributed by atoms with Gasteiger partial charge in [0.25, 0.3) is 6.33 Å². The number of aryl methyl sites for hydroxylation is 1. The van der Waals surface area contributed by atoms with Crippen LogP contribution in [0, 0.1) is 25.4 Å². The van der Waals surface area contributed by atoms with E-state index in [9.17, 15) is 0 Å². The second-order valence-corrected chi connectivity index (χ2v) is 18.8. The van der Waals surface area contributed by atoms with Gasteiger partial charge in [-0.25, -0.2) is 9.97 Å². The fourth-order valence-electron chi connectivity index (χ4n) is 10.6. The molecule has 0 amide bonds. The fraction of sp³-hybridized carbons (Fsp3) is 0.0833. The van der Waals surface area contributed by atoms with Crippen LogP contribution in [-0.4, -0.2) is 32.6 Å². The maximum absolute atomic E-state index is 5.32. The molecule has 0 fully saturated rings. The van der Waals surface area contributed by atoms with Gasteiger partial charge in [-0.2, -0.15) is 18.2 Å².